The monoisotopic (exact) mass is 299 g/mol. The van der Waals surface area contributed by atoms with Crippen LogP contribution in [0.2, 0.25) is 0 Å². The van der Waals surface area contributed by atoms with Crippen LogP contribution in [0.15, 0.2) is 30.5 Å². The SMILES string of the molecule is O=C1COC2(CCN(Cc3cccc4[nH]ccc34)CC2)CN1. The van der Waals surface area contributed by atoms with Gasteiger partial charge in [0.2, 0.25) is 5.91 Å². The van der Waals surface area contributed by atoms with Crippen LogP contribution in [0.1, 0.15) is 18.4 Å². The molecule has 5 heteroatoms. The van der Waals surface area contributed by atoms with Crippen LogP contribution in [0.4, 0.5) is 0 Å². The predicted octanol–water partition coefficient (Wildman–Crippen LogP) is 1.65. The van der Waals surface area contributed by atoms with Crippen molar-refractivity contribution < 1.29 is 9.53 Å². The highest BCUT2D eigenvalue weighted by atomic mass is 16.5. The zero-order valence-corrected chi connectivity index (χ0v) is 12.6. The molecule has 1 aromatic carbocycles. The summed E-state index contributed by atoms with van der Waals surface area (Å²) in [6, 6.07) is 8.58. The number of rotatable bonds is 2. The maximum Gasteiger partial charge on any atom is 0.246 e. The molecule has 0 atom stereocenters. The molecule has 2 aliphatic rings. The van der Waals surface area contributed by atoms with Crippen LogP contribution < -0.4 is 5.32 Å². The number of nitrogens with zero attached hydrogens (tertiary/aromatic N) is 1. The molecule has 1 spiro atoms. The number of aromatic amines is 1. The molecule has 0 saturated carbocycles. The van der Waals surface area contributed by atoms with Crippen LogP contribution in [0.5, 0.6) is 0 Å². The summed E-state index contributed by atoms with van der Waals surface area (Å²) in [6.45, 7) is 3.86. The Morgan fingerprint density at radius 1 is 1.23 bits per heavy atom. The first-order chi connectivity index (χ1) is 10.7. The van der Waals surface area contributed by atoms with Gasteiger partial charge in [-0.2, -0.15) is 0 Å². The van der Waals surface area contributed by atoms with Crippen LogP contribution in [0, 0.1) is 0 Å². The second kappa shape index (κ2) is 5.41. The number of amides is 1. The number of aromatic nitrogens is 1. The van der Waals surface area contributed by atoms with Gasteiger partial charge in [0.25, 0.3) is 0 Å². The van der Waals surface area contributed by atoms with Gasteiger partial charge in [-0.05, 0) is 30.5 Å². The second-order valence-electron chi connectivity index (χ2n) is 6.38. The molecule has 0 aliphatic carbocycles. The first-order valence-electron chi connectivity index (χ1n) is 7.92. The fraction of sp³-hybridized carbons (Fsp3) is 0.471. The lowest BCUT2D eigenvalue weighted by molar-refractivity contribution is -0.150. The molecule has 2 fully saturated rings. The topological polar surface area (TPSA) is 57.4 Å². The standard InChI is InChI=1S/C17H21N3O2/c21-16-11-22-17(12-19-16)5-8-20(9-6-17)10-13-2-1-3-15-14(13)4-7-18-15/h1-4,7,18H,5-6,8-12H2,(H,19,21). The van der Waals surface area contributed by atoms with Gasteiger partial charge in [-0.3, -0.25) is 9.69 Å². The van der Waals surface area contributed by atoms with E-state index in [1.54, 1.807) is 0 Å². The average Bonchev–Trinajstić information content (AvgIpc) is 3.02. The van der Waals surface area contributed by atoms with Gasteiger partial charge in [0.1, 0.15) is 6.61 Å². The number of likely N-dealkylation sites (tertiary alicyclic amines) is 1. The van der Waals surface area contributed by atoms with E-state index in [9.17, 15) is 4.79 Å². The number of hydrogen-bond acceptors (Lipinski definition) is 3. The third-order valence-corrected chi connectivity index (χ3v) is 4.96. The third-order valence-electron chi connectivity index (χ3n) is 4.96. The highest BCUT2D eigenvalue weighted by Crippen LogP contribution is 2.29. The summed E-state index contributed by atoms with van der Waals surface area (Å²) < 4.78 is 5.83. The van der Waals surface area contributed by atoms with E-state index in [2.05, 4.69) is 39.5 Å². The molecule has 2 aliphatic heterocycles. The summed E-state index contributed by atoms with van der Waals surface area (Å²) in [5.41, 5.74) is 2.43. The minimum atomic E-state index is -0.134. The summed E-state index contributed by atoms with van der Waals surface area (Å²) in [5, 5.41) is 4.25. The van der Waals surface area contributed by atoms with Crippen LogP contribution in [-0.4, -0.2) is 47.6 Å². The maximum atomic E-state index is 11.2. The van der Waals surface area contributed by atoms with Crippen molar-refractivity contribution in [3.05, 3.63) is 36.0 Å². The zero-order valence-electron chi connectivity index (χ0n) is 12.6. The number of morpholine rings is 1. The molecular weight excluding hydrogens is 278 g/mol. The Balaban J connectivity index is 1.42. The number of ether oxygens (including phenoxy) is 1. The summed E-state index contributed by atoms with van der Waals surface area (Å²) in [4.78, 5) is 17.0. The van der Waals surface area contributed by atoms with E-state index in [0.717, 1.165) is 32.5 Å². The molecule has 1 aromatic heterocycles. The Morgan fingerprint density at radius 2 is 2.09 bits per heavy atom. The minimum absolute atomic E-state index is 0.00666. The minimum Gasteiger partial charge on any atom is -0.363 e. The molecule has 116 valence electrons. The van der Waals surface area contributed by atoms with Gasteiger partial charge in [-0.25, -0.2) is 0 Å². The van der Waals surface area contributed by atoms with E-state index in [-0.39, 0.29) is 18.1 Å². The molecule has 2 N–H and O–H groups in total. The number of piperidine rings is 1. The van der Waals surface area contributed by atoms with Gasteiger partial charge >= 0.3 is 0 Å². The molecule has 4 rings (SSSR count). The molecule has 2 aromatic rings. The summed E-state index contributed by atoms with van der Waals surface area (Å²) in [5.74, 6) is 0.00666. The van der Waals surface area contributed by atoms with Crippen molar-refractivity contribution in [2.75, 3.05) is 26.2 Å². The largest absolute Gasteiger partial charge is 0.363 e. The Bertz CT molecular complexity index is 674. The molecule has 22 heavy (non-hydrogen) atoms. The Morgan fingerprint density at radius 3 is 2.86 bits per heavy atom. The van der Waals surface area contributed by atoms with Crippen LogP contribution >= 0.6 is 0 Å². The number of hydrogen-bond donors (Lipinski definition) is 2. The zero-order chi connectivity index (χ0) is 15.0. The van der Waals surface area contributed by atoms with Crippen LogP contribution in [-0.2, 0) is 16.1 Å². The van der Waals surface area contributed by atoms with Crippen LogP contribution in [0.3, 0.4) is 0 Å². The Hall–Kier alpha value is -1.85. The van der Waals surface area contributed by atoms with Gasteiger partial charge in [-0.1, -0.05) is 12.1 Å². The summed E-state index contributed by atoms with van der Waals surface area (Å²) >= 11 is 0. The molecule has 3 heterocycles. The van der Waals surface area contributed by atoms with Crippen molar-refractivity contribution in [2.45, 2.75) is 25.0 Å². The highest BCUT2D eigenvalue weighted by Gasteiger charge is 2.38. The summed E-state index contributed by atoms with van der Waals surface area (Å²) in [7, 11) is 0. The molecule has 1 amide bonds. The third kappa shape index (κ3) is 2.51. The van der Waals surface area contributed by atoms with Gasteiger partial charge in [-0.15, -0.1) is 0 Å². The van der Waals surface area contributed by atoms with E-state index in [1.165, 1.54) is 16.5 Å². The number of carbonyl (C=O) groups is 1. The van der Waals surface area contributed by atoms with Crippen molar-refractivity contribution >= 4 is 16.8 Å². The number of carbonyl (C=O) groups excluding carboxylic acids is 1. The molecule has 2 saturated heterocycles. The predicted molar refractivity (Wildman–Crippen MR) is 84.5 cm³/mol. The molecular formula is C17H21N3O2. The highest BCUT2D eigenvalue weighted by molar-refractivity contribution is 5.82. The molecule has 0 unspecified atom stereocenters. The van der Waals surface area contributed by atoms with Crippen molar-refractivity contribution in [3.8, 4) is 0 Å². The van der Waals surface area contributed by atoms with E-state index in [0.29, 0.717) is 6.54 Å². The lowest BCUT2D eigenvalue weighted by atomic mass is 9.89. The molecule has 5 nitrogen and oxygen atoms in total. The lowest BCUT2D eigenvalue weighted by Crippen LogP contribution is -2.57. The van der Waals surface area contributed by atoms with E-state index >= 15 is 0 Å². The van der Waals surface area contributed by atoms with Crippen molar-refractivity contribution in [1.82, 2.24) is 15.2 Å². The second-order valence-corrected chi connectivity index (χ2v) is 6.38. The Kier molecular flexibility index (Phi) is 3.39. The van der Waals surface area contributed by atoms with Crippen LogP contribution in [0.25, 0.3) is 10.9 Å². The summed E-state index contributed by atoms with van der Waals surface area (Å²) in [6.07, 6.45) is 3.96. The van der Waals surface area contributed by atoms with Gasteiger partial charge in [0.15, 0.2) is 0 Å². The average molecular weight is 299 g/mol. The van der Waals surface area contributed by atoms with Crippen molar-refractivity contribution in [2.24, 2.45) is 0 Å². The number of H-pyrrole nitrogens is 1. The molecule has 0 bridgehead atoms. The quantitative estimate of drug-likeness (QED) is 0.886. The molecule has 0 radical (unpaired) electrons. The van der Waals surface area contributed by atoms with Crippen molar-refractivity contribution in [3.63, 3.8) is 0 Å². The van der Waals surface area contributed by atoms with Gasteiger partial charge < -0.3 is 15.0 Å². The van der Waals surface area contributed by atoms with E-state index in [1.807, 2.05) is 6.20 Å². The first kappa shape index (κ1) is 13.8. The van der Waals surface area contributed by atoms with E-state index in [4.69, 9.17) is 4.74 Å². The lowest BCUT2D eigenvalue weighted by Gasteiger charge is -2.43. The van der Waals surface area contributed by atoms with Gasteiger partial charge in [0, 0.05) is 43.3 Å². The van der Waals surface area contributed by atoms with E-state index < -0.39 is 0 Å². The first-order valence-corrected chi connectivity index (χ1v) is 7.92. The number of benzene rings is 1. The maximum absolute atomic E-state index is 11.2. The number of fused-ring (bicyclic) bond motifs is 1. The Labute approximate surface area is 129 Å². The van der Waals surface area contributed by atoms with Crippen molar-refractivity contribution in [1.29, 1.82) is 0 Å². The normalized spacial score (nSPS) is 22.1. The number of nitrogens with one attached hydrogen (secondary N) is 2. The fourth-order valence-corrected chi connectivity index (χ4v) is 3.55. The smallest absolute Gasteiger partial charge is 0.246 e. The van der Waals surface area contributed by atoms with Gasteiger partial charge in [0.05, 0.1) is 5.60 Å². The fourth-order valence-electron chi connectivity index (χ4n) is 3.55.